The highest BCUT2D eigenvalue weighted by Gasteiger charge is 2.20. The van der Waals surface area contributed by atoms with Gasteiger partial charge < -0.3 is 5.32 Å². The number of nitrogens with one attached hydrogen (secondary N) is 1. The Morgan fingerprint density at radius 3 is 3.00 bits per heavy atom. The van der Waals surface area contributed by atoms with Crippen molar-refractivity contribution in [1.29, 1.82) is 0 Å². The summed E-state index contributed by atoms with van der Waals surface area (Å²) in [5.74, 6) is -0.274. The quantitative estimate of drug-likeness (QED) is 0.912. The molecule has 3 rings (SSSR count). The second-order valence-corrected chi connectivity index (χ2v) is 5.28. The van der Waals surface area contributed by atoms with E-state index in [0.29, 0.717) is 17.6 Å². The molecule has 1 N–H and O–H groups in total. The summed E-state index contributed by atoms with van der Waals surface area (Å²) < 4.78 is 15.1. The number of aromatic nitrogens is 2. The van der Waals surface area contributed by atoms with Gasteiger partial charge >= 0.3 is 0 Å². The second-order valence-electron chi connectivity index (χ2n) is 4.87. The van der Waals surface area contributed by atoms with Gasteiger partial charge in [-0.2, -0.15) is 5.10 Å². The molecule has 0 aliphatic heterocycles. The fraction of sp³-hybridized carbons (Fsp3) is 0.357. The Morgan fingerprint density at radius 1 is 1.37 bits per heavy atom. The third-order valence-electron chi connectivity index (χ3n) is 3.28. The summed E-state index contributed by atoms with van der Waals surface area (Å²) in [7, 11) is 0. The average molecular weight is 280 g/mol. The normalized spacial score (nSPS) is 14.8. The minimum Gasteiger partial charge on any atom is -0.308 e. The van der Waals surface area contributed by atoms with Crippen LogP contribution in [0.15, 0.2) is 30.5 Å². The lowest BCUT2D eigenvalue weighted by molar-refractivity contribution is 0.587. The Labute approximate surface area is 116 Å². The monoisotopic (exact) mass is 279 g/mol. The SMILES string of the molecule is Fc1ccc(Cl)c(Cn2nccc2CNC2CC2)c1. The van der Waals surface area contributed by atoms with Crippen molar-refractivity contribution in [3.63, 3.8) is 0 Å². The maximum Gasteiger partial charge on any atom is 0.123 e. The van der Waals surface area contributed by atoms with Gasteiger partial charge in [0.2, 0.25) is 0 Å². The van der Waals surface area contributed by atoms with E-state index in [1.807, 2.05) is 10.7 Å². The van der Waals surface area contributed by atoms with Crippen LogP contribution in [0, 0.1) is 5.82 Å². The lowest BCUT2D eigenvalue weighted by Crippen LogP contribution is -2.19. The van der Waals surface area contributed by atoms with Crippen molar-refractivity contribution in [2.45, 2.75) is 32.0 Å². The highest BCUT2D eigenvalue weighted by Crippen LogP contribution is 2.20. The highest BCUT2D eigenvalue weighted by molar-refractivity contribution is 6.31. The lowest BCUT2D eigenvalue weighted by atomic mass is 10.2. The first kappa shape index (κ1) is 12.6. The maximum absolute atomic E-state index is 13.2. The third-order valence-corrected chi connectivity index (χ3v) is 3.65. The van der Waals surface area contributed by atoms with Gasteiger partial charge in [-0.1, -0.05) is 11.6 Å². The number of halogens is 2. The van der Waals surface area contributed by atoms with Crippen LogP contribution in [0.5, 0.6) is 0 Å². The number of hydrogen-bond acceptors (Lipinski definition) is 2. The zero-order valence-corrected chi connectivity index (χ0v) is 11.2. The fourth-order valence-electron chi connectivity index (χ4n) is 2.01. The van der Waals surface area contributed by atoms with E-state index in [-0.39, 0.29) is 5.82 Å². The molecule has 1 aliphatic carbocycles. The molecule has 5 heteroatoms. The zero-order valence-electron chi connectivity index (χ0n) is 10.4. The topological polar surface area (TPSA) is 29.9 Å². The van der Waals surface area contributed by atoms with E-state index in [2.05, 4.69) is 10.4 Å². The molecule has 1 fully saturated rings. The molecule has 2 aromatic rings. The van der Waals surface area contributed by atoms with Gasteiger partial charge in [0, 0.05) is 23.8 Å². The Morgan fingerprint density at radius 2 is 2.21 bits per heavy atom. The molecule has 3 nitrogen and oxygen atoms in total. The number of rotatable bonds is 5. The van der Waals surface area contributed by atoms with Gasteiger partial charge in [-0.3, -0.25) is 4.68 Å². The summed E-state index contributed by atoms with van der Waals surface area (Å²) in [4.78, 5) is 0. The molecule has 100 valence electrons. The first-order valence-electron chi connectivity index (χ1n) is 6.40. The molecular weight excluding hydrogens is 265 g/mol. The van der Waals surface area contributed by atoms with Gasteiger partial charge in [-0.25, -0.2) is 4.39 Å². The van der Waals surface area contributed by atoms with Crippen molar-refractivity contribution < 1.29 is 4.39 Å². The molecule has 1 aromatic carbocycles. The van der Waals surface area contributed by atoms with Crippen molar-refractivity contribution >= 4 is 11.6 Å². The van der Waals surface area contributed by atoms with Crippen LogP contribution in [-0.4, -0.2) is 15.8 Å². The number of nitrogens with zero attached hydrogens (tertiary/aromatic N) is 2. The Hall–Kier alpha value is -1.39. The molecule has 1 saturated carbocycles. The van der Waals surface area contributed by atoms with E-state index in [9.17, 15) is 4.39 Å². The summed E-state index contributed by atoms with van der Waals surface area (Å²) in [6.07, 6.45) is 4.27. The van der Waals surface area contributed by atoms with E-state index >= 15 is 0 Å². The van der Waals surface area contributed by atoms with Crippen LogP contribution in [0.25, 0.3) is 0 Å². The second kappa shape index (κ2) is 5.31. The summed E-state index contributed by atoms with van der Waals surface area (Å²) >= 11 is 6.08. The summed E-state index contributed by atoms with van der Waals surface area (Å²) in [6, 6.07) is 7.04. The first-order chi connectivity index (χ1) is 9.22. The minimum absolute atomic E-state index is 0.274. The molecular formula is C14H15ClFN3. The standard InChI is InChI=1S/C14H15ClFN3/c15-14-4-1-11(16)7-10(14)9-19-13(5-6-18-19)8-17-12-2-3-12/h1,4-7,12,17H,2-3,8-9H2. The largest absolute Gasteiger partial charge is 0.308 e. The molecule has 1 heterocycles. The van der Waals surface area contributed by atoms with E-state index < -0.39 is 0 Å². The van der Waals surface area contributed by atoms with Gasteiger partial charge in [0.15, 0.2) is 0 Å². The van der Waals surface area contributed by atoms with Gasteiger partial charge in [0.25, 0.3) is 0 Å². The van der Waals surface area contributed by atoms with Gasteiger partial charge in [0.05, 0.1) is 12.2 Å². The molecule has 0 amide bonds. The van der Waals surface area contributed by atoms with Crippen LogP contribution in [0.4, 0.5) is 4.39 Å². The summed E-state index contributed by atoms with van der Waals surface area (Å²) in [5.41, 5.74) is 1.84. The lowest BCUT2D eigenvalue weighted by Gasteiger charge is -2.10. The predicted molar refractivity (Wildman–Crippen MR) is 72.6 cm³/mol. The van der Waals surface area contributed by atoms with E-state index in [0.717, 1.165) is 17.8 Å². The van der Waals surface area contributed by atoms with Gasteiger partial charge in [-0.15, -0.1) is 0 Å². The smallest absolute Gasteiger partial charge is 0.123 e. The molecule has 0 unspecified atom stereocenters. The molecule has 0 radical (unpaired) electrons. The van der Waals surface area contributed by atoms with Gasteiger partial charge in [0.1, 0.15) is 5.82 Å². The van der Waals surface area contributed by atoms with Crippen molar-refractivity contribution in [3.05, 3.63) is 52.6 Å². The van der Waals surface area contributed by atoms with E-state index in [1.54, 1.807) is 12.3 Å². The van der Waals surface area contributed by atoms with Crippen LogP contribution in [0.3, 0.4) is 0 Å². The van der Waals surface area contributed by atoms with E-state index in [4.69, 9.17) is 11.6 Å². The Kier molecular flexibility index (Phi) is 3.53. The Balaban J connectivity index is 1.74. The summed E-state index contributed by atoms with van der Waals surface area (Å²) in [5, 5.41) is 8.29. The predicted octanol–water partition coefficient (Wildman–Crippen LogP) is 2.98. The van der Waals surface area contributed by atoms with Gasteiger partial charge in [-0.05, 0) is 42.7 Å². The van der Waals surface area contributed by atoms with Crippen LogP contribution in [0.1, 0.15) is 24.1 Å². The molecule has 0 atom stereocenters. The van der Waals surface area contributed by atoms with Crippen LogP contribution < -0.4 is 5.32 Å². The van der Waals surface area contributed by atoms with Crippen LogP contribution in [-0.2, 0) is 13.1 Å². The van der Waals surface area contributed by atoms with Crippen molar-refractivity contribution in [2.75, 3.05) is 0 Å². The zero-order chi connectivity index (χ0) is 13.2. The Bertz CT molecular complexity index is 578. The van der Waals surface area contributed by atoms with Crippen LogP contribution >= 0.6 is 11.6 Å². The highest BCUT2D eigenvalue weighted by atomic mass is 35.5. The fourth-order valence-corrected chi connectivity index (χ4v) is 2.19. The molecule has 0 bridgehead atoms. The minimum atomic E-state index is -0.274. The molecule has 0 spiro atoms. The molecule has 0 saturated heterocycles. The van der Waals surface area contributed by atoms with Crippen molar-refractivity contribution in [1.82, 2.24) is 15.1 Å². The average Bonchev–Trinajstić information content (AvgIpc) is 3.12. The number of hydrogen-bond donors (Lipinski definition) is 1. The molecule has 19 heavy (non-hydrogen) atoms. The maximum atomic E-state index is 13.2. The van der Waals surface area contributed by atoms with Crippen molar-refractivity contribution in [3.8, 4) is 0 Å². The first-order valence-corrected chi connectivity index (χ1v) is 6.78. The molecule has 1 aromatic heterocycles. The molecule has 1 aliphatic rings. The van der Waals surface area contributed by atoms with Crippen molar-refractivity contribution in [2.24, 2.45) is 0 Å². The number of benzene rings is 1. The summed E-state index contributed by atoms with van der Waals surface area (Å²) in [6.45, 7) is 1.28. The van der Waals surface area contributed by atoms with E-state index in [1.165, 1.54) is 25.0 Å². The van der Waals surface area contributed by atoms with Crippen LogP contribution in [0.2, 0.25) is 5.02 Å². The third kappa shape index (κ3) is 3.14.